The van der Waals surface area contributed by atoms with Crippen LogP contribution in [0.4, 0.5) is 0 Å². The Labute approximate surface area is 102 Å². The molecule has 1 aromatic rings. The van der Waals surface area contributed by atoms with Gasteiger partial charge >= 0.3 is 0 Å². The summed E-state index contributed by atoms with van der Waals surface area (Å²) in [7, 11) is 0. The Kier molecular flexibility index (Phi) is 5.44. The van der Waals surface area contributed by atoms with E-state index in [4.69, 9.17) is 23.2 Å². The van der Waals surface area contributed by atoms with Crippen LogP contribution in [-0.4, -0.2) is 6.54 Å². The van der Waals surface area contributed by atoms with E-state index >= 15 is 0 Å². The summed E-state index contributed by atoms with van der Waals surface area (Å²) in [5.74, 6) is 0.729. The number of benzene rings is 1. The minimum Gasteiger partial charge on any atom is -0.313 e. The van der Waals surface area contributed by atoms with Gasteiger partial charge in [0.15, 0.2) is 0 Å². The lowest BCUT2D eigenvalue weighted by Gasteiger charge is -2.08. The average Bonchev–Trinajstić information content (AvgIpc) is 2.17. The van der Waals surface area contributed by atoms with Gasteiger partial charge in [-0.2, -0.15) is 0 Å². The van der Waals surface area contributed by atoms with E-state index in [0.29, 0.717) is 0 Å². The van der Waals surface area contributed by atoms with Gasteiger partial charge in [-0.15, -0.1) is 0 Å². The first kappa shape index (κ1) is 12.8. The topological polar surface area (TPSA) is 12.0 Å². The fourth-order valence-electron chi connectivity index (χ4n) is 1.29. The van der Waals surface area contributed by atoms with Crippen LogP contribution < -0.4 is 5.32 Å². The van der Waals surface area contributed by atoms with Crippen molar-refractivity contribution in [1.82, 2.24) is 5.32 Å². The molecule has 1 aromatic carbocycles. The molecule has 1 nitrogen and oxygen atoms in total. The van der Waals surface area contributed by atoms with Crippen molar-refractivity contribution in [3.63, 3.8) is 0 Å². The molecule has 1 N–H and O–H groups in total. The van der Waals surface area contributed by atoms with E-state index in [1.807, 2.05) is 18.2 Å². The lowest BCUT2D eigenvalue weighted by molar-refractivity contribution is 0.537. The van der Waals surface area contributed by atoms with Crippen molar-refractivity contribution in [2.45, 2.75) is 26.8 Å². The first-order chi connectivity index (χ1) is 7.09. The van der Waals surface area contributed by atoms with Gasteiger partial charge < -0.3 is 5.32 Å². The first-order valence-corrected chi connectivity index (χ1v) is 6.00. The summed E-state index contributed by atoms with van der Waals surface area (Å²) in [5.41, 5.74) is 1.06. The number of hydrogen-bond donors (Lipinski definition) is 1. The summed E-state index contributed by atoms with van der Waals surface area (Å²) in [6.07, 6.45) is 1.18. The molecule has 0 amide bonds. The fourth-order valence-corrected chi connectivity index (χ4v) is 1.67. The van der Waals surface area contributed by atoms with Gasteiger partial charge in [-0.1, -0.05) is 37.0 Å². The molecule has 0 aliphatic heterocycles. The third-order valence-corrected chi connectivity index (χ3v) is 2.83. The molecular weight excluding hydrogens is 229 g/mol. The number of nitrogens with one attached hydrogen (secondary N) is 1. The molecule has 0 heterocycles. The monoisotopic (exact) mass is 245 g/mol. The van der Waals surface area contributed by atoms with Crippen LogP contribution in [0.15, 0.2) is 18.2 Å². The van der Waals surface area contributed by atoms with Crippen molar-refractivity contribution < 1.29 is 0 Å². The van der Waals surface area contributed by atoms with Crippen molar-refractivity contribution >= 4 is 23.2 Å². The maximum Gasteiger partial charge on any atom is 0.0451 e. The molecular formula is C12H17Cl2N. The third kappa shape index (κ3) is 4.87. The van der Waals surface area contributed by atoms with Crippen LogP contribution >= 0.6 is 23.2 Å². The molecule has 0 aliphatic rings. The molecule has 84 valence electrons. The zero-order valence-electron chi connectivity index (χ0n) is 9.19. The third-order valence-electron chi connectivity index (χ3n) is 2.22. The Balaban J connectivity index is 2.40. The van der Waals surface area contributed by atoms with Crippen molar-refractivity contribution in [2.24, 2.45) is 5.92 Å². The molecule has 0 radical (unpaired) electrons. The van der Waals surface area contributed by atoms with E-state index in [-0.39, 0.29) is 0 Å². The van der Waals surface area contributed by atoms with Gasteiger partial charge in [-0.25, -0.2) is 0 Å². The zero-order valence-corrected chi connectivity index (χ0v) is 10.7. The number of hydrogen-bond acceptors (Lipinski definition) is 1. The Morgan fingerprint density at radius 3 is 2.67 bits per heavy atom. The number of rotatable bonds is 5. The van der Waals surface area contributed by atoms with Crippen LogP contribution in [0.2, 0.25) is 10.0 Å². The molecule has 0 saturated carbocycles. The molecule has 3 heteroatoms. The van der Waals surface area contributed by atoms with E-state index in [1.165, 1.54) is 6.42 Å². The van der Waals surface area contributed by atoms with E-state index in [2.05, 4.69) is 19.2 Å². The van der Waals surface area contributed by atoms with Crippen LogP contribution in [0.3, 0.4) is 0 Å². The van der Waals surface area contributed by atoms with Gasteiger partial charge in [0.1, 0.15) is 0 Å². The predicted molar refractivity (Wildman–Crippen MR) is 67.6 cm³/mol. The van der Waals surface area contributed by atoms with E-state index < -0.39 is 0 Å². The fraction of sp³-hybridized carbons (Fsp3) is 0.500. The summed E-state index contributed by atoms with van der Waals surface area (Å²) in [6.45, 7) is 6.23. The highest BCUT2D eigenvalue weighted by Crippen LogP contribution is 2.20. The summed E-state index contributed by atoms with van der Waals surface area (Å²) in [5, 5.41) is 4.87. The zero-order chi connectivity index (χ0) is 11.3. The maximum absolute atomic E-state index is 6.04. The highest BCUT2D eigenvalue weighted by Gasteiger charge is 2.01. The normalized spacial score (nSPS) is 11.0. The van der Waals surface area contributed by atoms with E-state index in [9.17, 15) is 0 Å². The van der Waals surface area contributed by atoms with Gasteiger partial charge in [-0.05, 0) is 42.6 Å². The molecule has 0 unspecified atom stereocenters. The summed E-state index contributed by atoms with van der Waals surface area (Å²) in [4.78, 5) is 0. The summed E-state index contributed by atoms with van der Waals surface area (Å²) < 4.78 is 0. The average molecular weight is 246 g/mol. The predicted octanol–water partition coefficient (Wildman–Crippen LogP) is 4.13. The van der Waals surface area contributed by atoms with Crippen LogP contribution in [0.25, 0.3) is 0 Å². The first-order valence-electron chi connectivity index (χ1n) is 5.24. The molecule has 15 heavy (non-hydrogen) atoms. The van der Waals surface area contributed by atoms with E-state index in [0.717, 1.165) is 34.6 Å². The van der Waals surface area contributed by atoms with Crippen LogP contribution in [0, 0.1) is 5.92 Å². The molecule has 0 fully saturated rings. The van der Waals surface area contributed by atoms with E-state index in [1.54, 1.807) is 0 Å². The smallest absolute Gasteiger partial charge is 0.0451 e. The molecule has 0 spiro atoms. The summed E-state index contributed by atoms with van der Waals surface area (Å²) >= 11 is 11.9. The van der Waals surface area contributed by atoms with Gasteiger partial charge in [0.25, 0.3) is 0 Å². The number of halogens is 2. The van der Waals surface area contributed by atoms with Gasteiger partial charge in [0.2, 0.25) is 0 Å². The second-order valence-corrected chi connectivity index (χ2v) is 4.94. The van der Waals surface area contributed by atoms with Crippen molar-refractivity contribution in [1.29, 1.82) is 0 Å². The van der Waals surface area contributed by atoms with Gasteiger partial charge in [0, 0.05) is 16.6 Å². The highest BCUT2D eigenvalue weighted by atomic mass is 35.5. The lowest BCUT2D eigenvalue weighted by atomic mass is 10.1. The standard InChI is InChI=1S/C12H17Cl2N/c1-9(2)5-6-15-8-10-7-11(13)3-4-12(10)14/h3-4,7,9,15H,5-6,8H2,1-2H3. The second-order valence-electron chi connectivity index (χ2n) is 4.10. The molecule has 0 bridgehead atoms. The largest absolute Gasteiger partial charge is 0.313 e. The Morgan fingerprint density at radius 2 is 2.00 bits per heavy atom. The minimum absolute atomic E-state index is 0.729. The minimum atomic E-state index is 0.729. The Hall–Kier alpha value is -0.240. The van der Waals surface area contributed by atoms with Crippen LogP contribution in [-0.2, 0) is 6.54 Å². The van der Waals surface area contributed by atoms with Gasteiger partial charge in [0.05, 0.1) is 0 Å². The Morgan fingerprint density at radius 1 is 1.27 bits per heavy atom. The quantitative estimate of drug-likeness (QED) is 0.770. The SMILES string of the molecule is CC(C)CCNCc1cc(Cl)ccc1Cl. The molecule has 1 rings (SSSR count). The molecule has 0 aromatic heterocycles. The highest BCUT2D eigenvalue weighted by molar-refractivity contribution is 6.33. The second kappa shape index (κ2) is 6.37. The molecule has 0 atom stereocenters. The van der Waals surface area contributed by atoms with Crippen molar-refractivity contribution in [2.75, 3.05) is 6.54 Å². The Bertz CT molecular complexity index is 310. The van der Waals surface area contributed by atoms with Crippen LogP contribution in [0.5, 0.6) is 0 Å². The van der Waals surface area contributed by atoms with Crippen molar-refractivity contribution in [3.05, 3.63) is 33.8 Å². The van der Waals surface area contributed by atoms with Crippen molar-refractivity contribution in [3.8, 4) is 0 Å². The van der Waals surface area contributed by atoms with Gasteiger partial charge in [-0.3, -0.25) is 0 Å². The maximum atomic E-state index is 6.04. The van der Waals surface area contributed by atoms with Crippen LogP contribution in [0.1, 0.15) is 25.8 Å². The molecule has 0 saturated heterocycles. The molecule has 0 aliphatic carbocycles. The summed E-state index contributed by atoms with van der Waals surface area (Å²) in [6, 6.07) is 5.55. The lowest BCUT2D eigenvalue weighted by Crippen LogP contribution is -2.16.